The molecule has 1 unspecified atom stereocenters. The molecular weight excluding hydrogens is 214 g/mol. The fourth-order valence-corrected chi connectivity index (χ4v) is 1.99. The van der Waals surface area contributed by atoms with Crippen molar-refractivity contribution in [2.45, 2.75) is 26.5 Å². The Bertz CT molecular complexity index is 355. The molecule has 4 nitrogen and oxygen atoms in total. The van der Waals surface area contributed by atoms with E-state index >= 15 is 0 Å². The van der Waals surface area contributed by atoms with E-state index in [-0.39, 0.29) is 6.10 Å². The van der Waals surface area contributed by atoms with Crippen molar-refractivity contribution in [3.05, 3.63) is 30.1 Å². The van der Waals surface area contributed by atoms with E-state index in [1.807, 2.05) is 23.1 Å². The molecule has 1 aliphatic rings. The molecule has 1 fully saturated rings. The maximum Gasteiger partial charge on any atom is 0.0898 e. The summed E-state index contributed by atoms with van der Waals surface area (Å²) in [5, 5.41) is 4.22. The van der Waals surface area contributed by atoms with Gasteiger partial charge in [0.15, 0.2) is 0 Å². The number of hydrogen-bond acceptors (Lipinski definition) is 3. The summed E-state index contributed by atoms with van der Waals surface area (Å²) in [6.45, 7) is 8.99. The van der Waals surface area contributed by atoms with Crippen LogP contribution in [0.3, 0.4) is 0 Å². The van der Waals surface area contributed by atoms with Crippen molar-refractivity contribution in [1.29, 1.82) is 0 Å². The second-order valence-electron chi connectivity index (χ2n) is 4.76. The van der Waals surface area contributed by atoms with Gasteiger partial charge in [0.25, 0.3) is 0 Å². The van der Waals surface area contributed by atoms with Gasteiger partial charge in [-0.1, -0.05) is 11.6 Å². The predicted molar refractivity (Wildman–Crippen MR) is 67.8 cm³/mol. The molecule has 0 amide bonds. The van der Waals surface area contributed by atoms with Crippen molar-refractivity contribution < 1.29 is 4.74 Å². The molecule has 1 atom stereocenters. The van der Waals surface area contributed by atoms with Gasteiger partial charge in [0.2, 0.25) is 0 Å². The Balaban J connectivity index is 1.82. The first-order valence-corrected chi connectivity index (χ1v) is 6.19. The van der Waals surface area contributed by atoms with Crippen molar-refractivity contribution >= 4 is 0 Å². The fraction of sp³-hybridized carbons (Fsp3) is 0.615. The van der Waals surface area contributed by atoms with Gasteiger partial charge in [-0.05, 0) is 19.9 Å². The standard InChI is InChI=1S/C13H21N3O/c1-12(2)4-7-15-8-9-17-13(10-15)11-16-6-3-5-14-16/h3-6,13H,7-11H2,1-2H3. The van der Waals surface area contributed by atoms with Crippen molar-refractivity contribution in [1.82, 2.24) is 14.7 Å². The van der Waals surface area contributed by atoms with Gasteiger partial charge >= 0.3 is 0 Å². The van der Waals surface area contributed by atoms with Crippen molar-refractivity contribution in [2.24, 2.45) is 0 Å². The molecular formula is C13H21N3O. The average molecular weight is 235 g/mol. The van der Waals surface area contributed by atoms with Crippen LogP contribution in [0.15, 0.2) is 30.1 Å². The summed E-state index contributed by atoms with van der Waals surface area (Å²) in [5.74, 6) is 0. The zero-order chi connectivity index (χ0) is 12.1. The highest BCUT2D eigenvalue weighted by Gasteiger charge is 2.19. The van der Waals surface area contributed by atoms with E-state index in [1.54, 1.807) is 0 Å². The molecule has 0 N–H and O–H groups in total. The van der Waals surface area contributed by atoms with Crippen LogP contribution in [-0.4, -0.2) is 47.0 Å². The van der Waals surface area contributed by atoms with Crippen molar-refractivity contribution in [3.8, 4) is 0 Å². The molecule has 1 aromatic rings. The smallest absolute Gasteiger partial charge is 0.0898 e. The largest absolute Gasteiger partial charge is 0.374 e. The SMILES string of the molecule is CC(C)=CCN1CCOC(Cn2cccn2)C1. The summed E-state index contributed by atoms with van der Waals surface area (Å²) in [4.78, 5) is 2.44. The number of ether oxygens (including phenoxy) is 1. The van der Waals surface area contributed by atoms with Crippen LogP contribution in [0.5, 0.6) is 0 Å². The summed E-state index contributed by atoms with van der Waals surface area (Å²) in [6, 6.07) is 1.95. The van der Waals surface area contributed by atoms with Gasteiger partial charge in [-0.25, -0.2) is 0 Å². The first-order valence-electron chi connectivity index (χ1n) is 6.19. The second kappa shape index (κ2) is 5.98. The summed E-state index contributed by atoms with van der Waals surface area (Å²) in [7, 11) is 0. The van der Waals surface area contributed by atoms with Gasteiger partial charge < -0.3 is 4.74 Å². The van der Waals surface area contributed by atoms with E-state index in [4.69, 9.17) is 4.74 Å². The molecule has 94 valence electrons. The Morgan fingerprint density at radius 1 is 1.53 bits per heavy atom. The molecule has 1 aromatic heterocycles. The van der Waals surface area contributed by atoms with Crippen LogP contribution in [0.2, 0.25) is 0 Å². The Kier molecular flexibility index (Phi) is 4.34. The second-order valence-corrected chi connectivity index (χ2v) is 4.76. The summed E-state index contributed by atoms with van der Waals surface area (Å²) < 4.78 is 7.70. The molecule has 1 aliphatic heterocycles. The van der Waals surface area contributed by atoms with Gasteiger partial charge in [-0.3, -0.25) is 9.58 Å². The third kappa shape index (κ3) is 3.98. The highest BCUT2D eigenvalue weighted by atomic mass is 16.5. The van der Waals surface area contributed by atoms with Crippen LogP contribution in [0.1, 0.15) is 13.8 Å². The molecule has 17 heavy (non-hydrogen) atoms. The van der Waals surface area contributed by atoms with Crippen LogP contribution < -0.4 is 0 Å². The predicted octanol–water partition coefficient (Wildman–Crippen LogP) is 1.55. The number of aromatic nitrogens is 2. The highest BCUT2D eigenvalue weighted by Crippen LogP contribution is 2.07. The molecule has 0 spiro atoms. The normalized spacial score (nSPS) is 21.4. The molecule has 1 saturated heterocycles. The van der Waals surface area contributed by atoms with E-state index in [9.17, 15) is 0 Å². The first-order chi connectivity index (χ1) is 8.24. The van der Waals surface area contributed by atoms with Gasteiger partial charge in [0.05, 0.1) is 19.3 Å². The van der Waals surface area contributed by atoms with E-state index < -0.39 is 0 Å². The van der Waals surface area contributed by atoms with Crippen LogP contribution in [0.4, 0.5) is 0 Å². The maximum absolute atomic E-state index is 5.77. The Morgan fingerprint density at radius 3 is 3.12 bits per heavy atom. The monoisotopic (exact) mass is 235 g/mol. The minimum Gasteiger partial charge on any atom is -0.374 e. The van der Waals surface area contributed by atoms with E-state index in [2.05, 4.69) is 29.9 Å². The minimum absolute atomic E-state index is 0.259. The Hall–Kier alpha value is -1.13. The number of rotatable bonds is 4. The molecule has 0 saturated carbocycles. The van der Waals surface area contributed by atoms with Gasteiger partial charge in [-0.2, -0.15) is 5.10 Å². The van der Waals surface area contributed by atoms with E-state index in [0.29, 0.717) is 0 Å². The molecule has 2 heterocycles. The summed E-state index contributed by atoms with van der Waals surface area (Å²) >= 11 is 0. The maximum atomic E-state index is 5.77. The Morgan fingerprint density at radius 2 is 2.41 bits per heavy atom. The van der Waals surface area contributed by atoms with Crippen molar-refractivity contribution in [2.75, 3.05) is 26.2 Å². The topological polar surface area (TPSA) is 30.3 Å². The zero-order valence-corrected chi connectivity index (χ0v) is 10.7. The van der Waals surface area contributed by atoms with Crippen LogP contribution >= 0.6 is 0 Å². The van der Waals surface area contributed by atoms with Crippen LogP contribution in [0.25, 0.3) is 0 Å². The van der Waals surface area contributed by atoms with Gasteiger partial charge in [0, 0.05) is 32.0 Å². The summed E-state index contributed by atoms with van der Waals surface area (Å²) in [6.07, 6.45) is 6.33. The molecule has 2 rings (SSSR count). The number of hydrogen-bond donors (Lipinski definition) is 0. The number of nitrogens with zero attached hydrogens (tertiary/aromatic N) is 3. The molecule has 0 aromatic carbocycles. The van der Waals surface area contributed by atoms with Crippen LogP contribution in [0, 0.1) is 0 Å². The number of allylic oxidation sites excluding steroid dienone is 1. The highest BCUT2D eigenvalue weighted by molar-refractivity contribution is 4.95. The lowest BCUT2D eigenvalue weighted by molar-refractivity contribution is -0.0338. The quantitative estimate of drug-likeness (QED) is 0.742. The third-order valence-corrected chi connectivity index (χ3v) is 2.93. The fourth-order valence-electron chi connectivity index (χ4n) is 1.99. The molecule has 0 radical (unpaired) electrons. The lowest BCUT2D eigenvalue weighted by Crippen LogP contribution is -2.44. The molecule has 4 heteroatoms. The first kappa shape index (κ1) is 12.3. The van der Waals surface area contributed by atoms with Crippen LogP contribution in [-0.2, 0) is 11.3 Å². The Labute approximate surface area is 103 Å². The minimum atomic E-state index is 0.259. The number of morpholine rings is 1. The molecule has 0 bridgehead atoms. The summed E-state index contributed by atoms with van der Waals surface area (Å²) in [5.41, 5.74) is 1.38. The van der Waals surface area contributed by atoms with Gasteiger partial charge in [0.1, 0.15) is 0 Å². The third-order valence-electron chi connectivity index (χ3n) is 2.93. The zero-order valence-electron chi connectivity index (χ0n) is 10.7. The molecule has 0 aliphatic carbocycles. The van der Waals surface area contributed by atoms with Crippen molar-refractivity contribution in [3.63, 3.8) is 0 Å². The average Bonchev–Trinajstić information content (AvgIpc) is 2.80. The lowest BCUT2D eigenvalue weighted by atomic mass is 10.2. The van der Waals surface area contributed by atoms with Gasteiger partial charge in [-0.15, -0.1) is 0 Å². The van der Waals surface area contributed by atoms with E-state index in [0.717, 1.165) is 32.8 Å². The lowest BCUT2D eigenvalue weighted by Gasteiger charge is -2.32. The van der Waals surface area contributed by atoms with E-state index in [1.165, 1.54) is 5.57 Å².